The molecule has 3 aromatic carbocycles. The molecule has 2 amide bonds. The minimum absolute atomic E-state index is 0.103. The van der Waals surface area contributed by atoms with E-state index < -0.39 is 18.6 Å². The van der Waals surface area contributed by atoms with Gasteiger partial charge in [-0.1, -0.05) is 78.9 Å². The molecular weight excluding hydrogens is 430 g/mol. The molecule has 1 aliphatic rings. The highest BCUT2D eigenvalue weighted by atomic mass is 16.5. The highest BCUT2D eigenvalue weighted by molar-refractivity contribution is 6.02. The average Bonchev–Trinajstić information content (AvgIpc) is 3.39. The molecule has 172 valence electrons. The minimum Gasteiger partial charge on any atom is -0.455 e. The lowest BCUT2D eigenvalue weighted by atomic mass is 10.0. The molecule has 4 rings (SSSR count). The van der Waals surface area contributed by atoms with Gasteiger partial charge in [0.25, 0.3) is 11.8 Å². The molecule has 0 spiro atoms. The molecule has 7 heteroatoms. The zero-order chi connectivity index (χ0) is 23.8. The van der Waals surface area contributed by atoms with Crippen LogP contribution in [0.5, 0.6) is 0 Å². The van der Waals surface area contributed by atoms with Crippen molar-refractivity contribution in [3.63, 3.8) is 0 Å². The summed E-state index contributed by atoms with van der Waals surface area (Å²) in [4.78, 5) is 37.7. The molecule has 1 N–H and O–H groups in total. The van der Waals surface area contributed by atoms with Crippen LogP contribution in [-0.4, -0.2) is 41.7 Å². The van der Waals surface area contributed by atoms with E-state index >= 15 is 0 Å². The summed E-state index contributed by atoms with van der Waals surface area (Å²) >= 11 is 0. The number of nitrogens with one attached hydrogen (secondary N) is 1. The first-order chi connectivity index (χ1) is 16.6. The van der Waals surface area contributed by atoms with Crippen LogP contribution in [0.25, 0.3) is 0 Å². The van der Waals surface area contributed by atoms with Crippen LogP contribution in [0.2, 0.25) is 0 Å². The number of carbonyl (C=O) groups excluding carboxylic acids is 3. The van der Waals surface area contributed by atoms with E-state index in [-0.39, 0.29) is 18.2 Å². The smallest absolute Gasteiger partial charge is 0.308 e. The van der Waals surface area contributed by atoms with Crippen LogP contribution in [-0.2, 0) is 14.3 Å². The maximum atomic E-state index is 12.7. The molecule has 0 aromatic heterocycles. The first kappa shape index (κ1) is 22.9. The van der Waals surface area contributed by atoms with Crippen molar-refractivity contribution in [3.8, 4) is 0 Å². The highest BCUT2D eigenvalue weighted by Gasteiger charge is 2.24. The van der Waals surface area contributed by atoms with Gasteiger partial charge in [-0.05, 0) is 23.3 Å². The Morgan fingerprint density at radius 1 is 0.882 bits per heavy atom. The van der Waals surface area contributed by atoms with Crippen molar-refractivity contribution in [2.45, 2.75) is 18.9 Å². The predicted octanol–water partition coefficient (Wildman–Crippen LogP) is 3.73. The normalized spacial score (nSPS) is 13.6. The molecule has 1 unspecified atom stereocenters. The van der Waals surface area contributed by atoms with Crippen molar-refractivity contribution in [1.29, 1.82) is 0 Å². The molecule has 0 radical (unpaired) electrons. The Bertz CT molecular complexity index is 1160. The molecular formula is C27H25N3O4. The quantitative estimate of drug-likeness (QED) is 0.525. The predicted molar refractivity (Wildman–Crippen MR) is 128 cm³/mol. The van der Waals surface area contributed by atoms with Crippen LogP contribution in [0.3, 0.4) is 0 Å². The third kappa shape index (κ3) is 5.95. The van der Waals surface area contributed by atoms with Crippen molar-refractivity contribution < 1.29 is 19.1 Å². The van der Waals surface area contributed by atoms with Crippen LogP contribution in [0.15, 0.2) is 96.1 Å². The Kier molecular flexibility index (Phi) is 7.45. The summed E-state index contributed by atoms with van der Waals surface area (Å²) < 4.78 is 5.25. The van der Waals surface area contributed by atoms with Crippen LogP contribution < -0.4 is 5.32 Å². The standard InChI is InChI=1S/C27H25N3O4/c31-25(30-17-16-23(29-30)20-10-4-1-5-11-20)19-34-26(32)18-24(21-12-6-2-7-13-21)28-27(33)22-14-8-3-9-15-22/h1-15,24H,16-19H2,(H,28,33). The molecule has 1 aliphatic heterocycles. The van der Waals surface area contributed by atoms with E-state index in [1.54, 1.807) is 24.3 Å². The first-order valence-corrected chi connectivity index (χ1v) is 11.1. The second-order valence-electron chi connectivity index (χ2n) is 7.85. The minimum atomic E-state index is -0.592. The fraction of sp³-hybridized carbons (Fsp3) is 0.185. The summed E-state index contributed by atoms with van der Waals surface area (Å²) in [5.74, 6) is -1.26. The molecule has 0 saturated heterocycles. The summed E-state index contributed by atoms with van der Waals surface area (Å²) in [5.41, 5.74) is 3.06. The maximum Gasteiger partial charge on any atom is 0.308 e. The summed E-state index contributed by atoms with van der Waals surface area (Å²) in [6.07, 6.45) is 0.541. The zero-order valence-electron chi connectivity index (χ0n) is 18.6. The number of benzene rings is 3. The first-order valence-electron chi connectivity index (χ1n) is 11.1. The van der Waals surface area contributed by atoms with Crippen LogP contribution >= 0.6 is 0 Å². The monoisotopic (exact) mass is 455 g/mol. The molecule has 34 heavy (non-hydrogen) atoms. The molecule has 0 saturated carbocycles. The number of nitrogens with zero attached hydrogens (tertiary/aromatic N) is 2. The average molecular weight is 456 g/mol. The fourth-order valence-electron chi connectivity index (χ4n) is 3.68. The van der Waals surface area contributed by atoms with Crippen molar-refractivity contribution >= 4 is 23.5 Å². The molecule has 0 aliphatic carbocycles. The van der Waals surface area contributed by atoms with Gasteiger partial charge in [0.15, 0.2) is 6.61 Å². The van der Waals surface area contributed by atoms with E-state index in [9.17, 15) is 14.4 Å². The third-order valence-electron chi connectivity index (χ3n) is 5.47. The largest absolute Gasteiger partial charge is 0.455 e. The van der Waals surface area contributed by atoms with Gasteiger partial charge in [-0.25, -0.2) is 5.01 Å². The molecule has 1 heterocycles. The van der Waals surface area contributed by atoms with Crippen molar-refractivity contribution in [2.75, 3.05) is 13.2 Å². The third-order valence-corrected chi connectivity index (χ3v) is 5.47. The lowest BCUT2D eigenvalue weighted by Gasteiger charge is -2.19. The van der Waals surface area contributed by atoms with Crippen molar-refractivity contribution in [2.24, 2.45) is 5.10 Å². The Hall–Kier alpha value is -4.26. The van der Waals surface area contributed by atoms with E-state index in [0.717, 1.165) is 16.8 Å². The van der Waals surface area contributed by atoms with Gasteiger partial charge in [-0.2, -0.15) is 5.10 Å². The van der Waals surface area contributed by atoms with Crippen LogP contribution in [0, 0.1) is 0 Å². The number of hydrazone groups is 1. The van der Waals surface area contributed by atoms with Crippen molar-refractivity contribution in [1.82, 2.24) is 10.3 Å². The Morgan fingerprint density at radius 3 is 2.18 bits per heavy atom. The van der Waals surface area contributed by atoms with Gasteiger partial charge >= 0.3 is 5.97 Å². The summed E-state index contributed by atoms with van der Waals surface area (Å²) in [6, 6.07) is 27.0. The van der Waals surface area contributed by atoms with E-state index in [2.05, 4.69) is 10.4 Å². The number of esters is 1. The van der Waals surface area contributed by atoms with E-state index in [0.29, 0.717) is 18.5 Å². The van der Waals surface area contributed by atoms with Gasteiger partial charge in [0.1, 0.15) is 0 Å². The number of rotatable bonds is 8. The topological polar surface area (TPSA) is 88.1 Å². The van der Waals surface area contributed by atoms with E-state index in [1.807, 2.05) is 66.7 Å². The SMILES string of the molecule is O=C(CC(NC(=O)c1ccccc1)c1ccccc1)OCC(=O)N1CCC(c2ccccc2)=N1. The number of amides is 2. The molecule has 0 fully saturated rings. The van der Waals surface area contributed by atoms with Gasteiger partial charge in [0.2, 0.25) is 0 Å². The summed E-state index contributed by atoms with van der Waals surface area (Å²) in [5, 5.41) is 8.59. The van der Waals surface area contributed by atoms with Gasteiger partial charge in [0.05, 0.1) is 24.7 Å². The molecule has 3 aromatic rings. The molecule has 7 nitrogen and oxygen atoms in total. The van der Waals surface area contributed by atoms with Crippen LogP contribution in [0.1, 0.15) is 40.4 Å². The number of hydrogen-bond acceptors (Lipinski definition) is 5. The second kappa shape index (κ2) is 11.0. The fourth-order valence-corrected chi connectivity index (χ4v) is 3.68. The van der Waals surface area contributed by atoms with Crippen LogP contribution in [0.4, 0.5) is 0 Å². The lowest BCUT2D eigenvalue weighted by molar-refractivity contribution is -0.152. The lowest BCUT2D eigenvalue weighted by Crippen LogP contribution is -2.32. The number of carbonyl (C=O) groups is 3. The van der Waals surface area contributed by atoms with Gasteiger partial charge < -0.3 is 10.1 Å². The molecule has 0 bridgehead atoms. The Morgan fingerprint density at radius 2 is 1.50 bits per heavy atom. The van der Waals surface area contributed by atoms with E-state index in [1.165, 1.54) is 5.01 Å². The second-order valence-corrected chi connectivity index (χ2v) is 7.85. The van der Waals surface area contributed by atoms with E-state index in [4.69, 9.17) is 4.74 Å². The maximum absolute atomic E-state index is 12.7. The number of ether oxygens (including phenoxy) is 1. The zero-order valence-corrected chi connectivity index (χ0v) is 18.6. The van der Waals surface area contributed by atoms with Gasteiger partial charge in [0, 0.05) is 12.0 Å². The highest BCUT2D eigenvalue weighted by Crippen LogP contribution is 2.19. The molecule has 1 atom stereocenters. The Balaban J connectivity index is 1.35. The van der Waals surface area contributed by atoms with Gasteiger partial charge in [-0.3, -0.25) is 14.4 Å². The summed E-state index contributed by atoms with van der Waals surface area (Å²) in [6.45, 7) is 0.0406. The summed E-state index contributed by atoms with van der Waals surface area (Å²) in [7, 11) is 0. The van der Waals surface area contributed by atoms with Gasteiger partial charge in [-0.15, -0.1) is 0 Å². The number of hydrogen-bond donors (Lipinski definition) is 1. The Labute approximate surface area is 198 Å². The van der Waals surface area contributed by atoms with Crippen molar-refractivity contribution in [3.05, 3.63) is 108 Å².